The molecule has 2 aromatic carbocycles. The fourth-order valence-corrected chi connectivity index (χ4v) is 4.84. The maximum Gasteiger partial charge on any atom is 0.296 e. The summed E-state index contributed by atoms with van der Waals surface area (Å²) in [5, 5.41) is 10.9. The third-order valence-electron chi connectivity index (χ3n) is 5.26. The summed E-state index contributed by atoms with van der Waals surface area (Å²) in [5.41, 5.74) is 0.386. The quantitative estimate of drug-likeness (QED) is 0.394. The Bertz CT molecular complexity index is 1410. The topological polar surface area (TPSA) is 92.9 Å². The highest BCUT2D eigenvalue weighted by atomic mass is 32.1. The molecule has 0 aliphatic carbocycles. The maximum absolute atomic E-state index is 14.9. The molecule has 33 heavy (non-hydrogen) atoms. The molecule has 1 atom stereocenters. The summed E-state index contributed by atoms with van der Waals surface area (Å²) in [6.45, 7) is 2.36. The van der Waals surface area contributed by atoms with Crippen LogP contribution >= 0.6 is 11.3 Å². The SMILES string of the molecule is CCOc1ccc2nc(N3C(=O)C(O)=C(C(=O)c4ccco4)[C@H]3c3ccccc3F)sc2c1. The summed E-state index contributed by atoms with van der Waals surface area (Å²) < 4.78 is 26.3. The minimum absolute atomic E-state index is 0.0547. The number of rotatable bonds is 6. The summed E-state index contributed by atoms with van der Waals surface area (Å²) in [5.74, 6) is -2.37. The van der Waals surface area contributed by atoms with Gasteiger partial charge in [-0.2, -0.15) is 0 Å². The van der Waals surface area contributed by atoms with Gasteiger partial charge in [0.1, 0.15) is 17.6 Å². The largest absolute Gasteiger partial charge is 0.503 e. The van der Waals surface area contributed by atoms with Crippen LogP contribution in [-0.4, -0.2) is 28.4 Å². The number of thiazole rings is 1. The molecular weight excluding hydrogens is 447 g/mol. The van der Waals surface area contributed by atoms with E-state index in [0.717, 1.165) is 9.60 Å². The molecule has 3 heterocycles. The Labute approximate surface area is 191 Å². The number of amides is 1. The highest BCUT2D eigenvalue weighted by molar-refractivity contribution is 7.22. The molecule has 4 aromatic rings. The molecule has 0 saturated carbocycles. The van der Waals surface area contributed by atoms with Gasteiger partial charge in [-0.05, 0) is 43.3 Å². The number of hydrogen-bond acceptors (Lipinski definition) is 7. The van der Waals surface area contributed by atoms with E-state index in [9.17, 15) is 19.1 Å². The number of aliphatic hydroxyl groups is 1. The summed E-state index contributed by atoms with van der Waals surface area (Å²) in [7, 11) is 0. The van der Waals surface area contributed by atoms with Gasteiger partial charge in [0.15, 0.2) is 16.7 Å². The van der Waals surface area contributed by atoms with Gasteiger partial charge >= 0.3 is 0 Å². The summed E-state index contributed by atoms with van der Waals surface area (Å²) in [6.07, 6.45) is 1.31. The predicted molar refractivity (Wildman–Crippen MR) is 120 cm³/mol. The Hall–Kier alpha value is -3.98. The lowest BCUT2D eigenvalue weighted by Gasteiger charge is -2.24. The van der Waals surface area contributed by atoms with Crippen molar-refractivity contribution in [2.24, 2.45) is 0 Å². The zero-order valence-electron chi connectivity index (χ0n) is 17.3. The summed E-state index contributed by atoms with van der Waals surface area (Å²) in [4.78, 5) is 32.0. The Morgan fingerprint density at radius 2 is 2.06 bits per heavy atom. The monoisotopic (exact) mass is 464 g/mol. The number of aromatic nitrogens is 1. The van der Waals surface area contributed by atoms with Gasteiger partial charge in [0, 0.05) is 5.56 Å². The molecule has 0 fully saturated rings. The number of aliphatic hydroxyl groups excluding tert-OH is 1. The minimum Gasteiger partial charge on any atom is -0.503 e. The first-order chi connectivity index (χ1) is 16.0. The highest BCUT2D eigenvalue weighted by Gasteiger charge is 2.47. The molecule has 0 unspecified atom stereocenters. The van der Waals surface area contributed by atoms with Crippen molar-refractivity contribution < 1.29 is 28.2 Å². The van der Waals surface area contributed by atoms with Crippen molar-refractivity contribution in [1.82, 2.24) is 4.98 Å². The number of benzene rings is 2. The van der Waals surface area contributed by atoms with Gasteiger partial charge in [0.2, 0.25) is 5.78 Å². The standard InChI is InChI=1S/C24H17FN2O5S/c1-2-31-13-9-10-16-18(12-13)33-24(26-16)27-20(14-6-3-4-7-15(14)25)19(22(29)23(27)30)21(28)17-8-5-11-32-17/h3-12,20,29H,2H2,1H3/t20-/m1/s1. The van der Waals surface area contributed by atoms with Crippen molar-refractivity contribution in [3.8, 4) is 5.75 Å². The third kappa shape index (κ3) is 3.46. The third-order valence-corrected chi connectivity index (χ3v) is 6.28. The van der Waals surface area contributed by atoms with Crippen molar-refractivity contribution in [3.05, 3.63) is 89.3 Å². The average molecular weight is 464 g/mol. The Balaban J connectivity index is 1.67. The van der Waals surface area contributed by atoms with Crippen LogP contribution in [0.4, 0.5) is 9.52 Å². The number of carbonyl (C=O) groups excluding carboxylic acids is 2. The predicted octanol–water partition coefficient (Wildman–Crippen LogP) is 5.21. The number of hydrogen-bond donors (Lipinski definition) is 1. The zero-order chi connectivity index (χ0) is 23.1. The number of nitrogens with zero attached hydrogens (tertiary/aromatic N) is 2. The number of furan rings is 1. The molecule has 0 saturated heterocycles. The molecule has 5 rings (SSSR count). The van der Waals surface area contributed by atoms with Crippen LogP contribution in [0.3, 0.4) is 0 Å². The van der Waals surface area contributed by atoms with Crippen molar-refractivity contribution >= 4 is 38.4 Å². The number of anilines is 1. The normalized spacial score (nSPS) is 16.1. The van der Waals surface area contributed by atoms with Crippen LogP contribution in [0.1, 0.15) is 29.1 Å². The van der Waals surface area contributed by atoms with E-state index >= 15 is 0 Å². The zero-order valence-corrected chi connectivity index (χ0v) is 18.1. The van der Waals surface area contributed by atoms with Crippen LogP contribution in [0.15, 0.2) is 76.6 Å². The van der Waals surface area contributed by atoms with E-state index in [1.165, 1.54) is 47.9 Å². The second-order valence-electron chi connectivity index (χ2n) is 7.23. The first kappa shape index (κ1) is 20.9. The number of carbonyl (C=O) groups is 2. The minimum atomic E-state index is -1.22. The summed E-state index contributed by atoms with van der Waals surface area (Å²) in [6, 6.07) is 12.8. The van der Waals surface area contributed by atoms with E-state index in [-0.39, 0.29) is 22.0 Å². The van der Waals surface area contributed by atoms with Crippen LogP contribution in [0.25, 0.3) is 10.2 Å². The van der Waals surface area contributed by atoms with Crippen molar-refractivity contribution in [2.75, 3.05) is 11.5 Å². The summed E-state index contributed by atoms with van der Waals surface area (Å²) >= 11 is 1.17. The van der Waals surface area contributed by atoms with E-state index in [1.807, 2.05) is 6.92 Å². The molecule has 1 aliphatic heterocycles. The Morgan fingerprint density at radius 1 is 1.24 bits per heavy atom. The lowest BCUT2D eigenvalue weighted by atomic mass is 9.95. The molecule has 0 radical (unpaired) electrons. The molecular formula is C24H17FN2O5S. The number of ketones is 1. The first-order valence-electron chi connectivity index (χ1n) is 10.1. The molecule has 0 spiro atoms. The number of halogens is 1. The smallest absolute Gasteiger partial charge is 0.296 e. The van der Waals surface area contributed by atoms with Crippen molar-refractivity contribution in [2.45, 2.75) is 13.0 Å². The average Bonchev–Trinajstić information content (AvgIpc) is 3.53. The van der Waals surface area contributed by atoms with Crippen LogP contribution in [0, 0.1) is 5.82 Å². The fraction of sp³-hybridized carbons (Fsp3) is 0.125. The highest BCUT2D eigenvalue weighted by Crippen LogP contribution is 2.45. The van der Waals surface area contributed by atoms with Crippen molar-refractivity contribution in [1.29, 1.82) is 0 Å². The van der Waals surface area contributed by atoms with Crippen LogP contribution in [0.5, 0.6) is 5.75 Å². The molecule has 7 nitrogen and oxygen atoms in total. The van der Waals surface area contributed by atoms with E-state index in [2.05, 4.69) is 4.98 Å². The van der Waals surface area contributed by atoms with Crippen LogP contribution in [-0.2, 0) is 4.79 Å². The maximum atomic E-state index is 14.9. The number of Topliss-reactive ketones (excluding diaryl/α,β-unsaturated/α-hetero) is 1. The molecule has 2 aromatic heterocycles. The second-order valence-corrected chi connectivity index (χ2v) is 8.24. The van der Waals surface area contributed by atoms with Gasteiger partial charge in [-0.1, -0.05) is 29.5 Å². The number of fused-ring (bicyclic) bond motifs is 1. The molecule has 1 amide bonds. The molecule has 0 bridgehead atoms. The fourth-order valence-electron chi connectivity index (χ4n) is 3.82. The molecule has 166 valence electrons. The van der Waals surface area contributed by atoms with Crippen LogP contribution in [0.2, 0.25) is 0 Å². The van der Waals surface area contributed by atoms with E-state index in [1.54, 1.807) is 24.3 Å². The van der Waals surface area contributed by atoms with Crippen LogP contribution < -0.4 is 9.64 Å². The lowest BCUT2D eigenvalue weighted by Crippen LogP contribution is -2.31. The lowest BCUT2D eigenvalue weighted by molar-refractivity contribution is -0.117. The van der Waals surface area contributed by atoms with Gasteiger partial charge < -0.3 is 14.3 Å². The van der Waals surface area contributed by atoms with Gasteiger partial charge in [0.05, 0.1) is 28.7 Å². The number of ether oxygens (including phenoxy) is 1. The van der Waals surface area contributed by atoms with Gasteiger partial charge in [-0.25, -0.2) is 9.37 Å². The van der Waals surface area contributed by atoms with Gasteiger partial charge in [-0.15, -0.1) is 0 Å². The van der Waals surface area contributed by atoms with Gasteiger partial charge in [-0.3, -0.25) is 14.5 Å². The molecule has 1 N–H and O–H groups in total. The van der Waals surface area contributed by atoms with Gasteiger partial charge in [0.25, 0.3) is 5.91 Å². The molecule has 9 heteroatoms. The first-order valence-corrected chi connectivity index (χ1v) is 10.9. The Kier molecular flexibility index (Phi) is 5.18. The van der Waals surface area contributed by atoms with E-state index < -0.39 is 29.3 Å². The van der Waals surface area contributed by atoms with E-state index in [0.29, 0.717) is 17.9 Å². The Morgan fingerprint density at radius 3 is 2.79 bits per heavy atom. The molecule has 1 aliphatic rings. The van der Waals surface area contributed by atoms with E-state index in [4.69, 9.17) is 9.15 Å². The van der Waals surface area contributed by atoms with Crippen molar-refractivity contribution in [3.63, 3.8) is 0 Å². The second kappa shape index (κ2) is 8.18.